The minimum Gasteiger partial charge on any atom is -0.326 e. The van der Waals surface area contributed by atoms with Crippen molar-refractivity contribution in [2.24, 2.45) is 0 Å². The molecule has 2 heterocycles. The number of carbonyl (C=O) groups excluding carboxylic acids is 1. The van der Waals surface area contributed by atoms with Crippen LogP contribution in [0.3, 0.4) is 0 Å². The van der Waals surface area contributed by atoms with Gasteiger partial charge in [0, 0.05) is 24.8 Å². The van der Waals surface area contributed by atoms with Crippen LogP contribution in [0.4, 0.5) is 17.3 Å². The van der Waals surface area contributed by atoms with Crippen LogP contribution < -0.4 is 16.0 Å². The number of hydrogen-bond acceptors (Lipinski definition) is 6. The maximum absolute atomic E-state index is 11.4. The number of aryl methyl sites for hydroxylation is 2. The fourth-order valence-corrected chi connectivity index (χ4v) is 3.81. The van der Waals surface area contributed by atoms with E-state index in [0.717, 1.165) is 29.9 Å². The fourth-order valence-electron chi connectivity index (χ4n) is 3.81. The van der Waals surface area contributed by atoms with Crippen LogP contribution in [0.15, 0.2) is 48.8 Å². The number of hydrogen-bond donors (Lipinski definition) is 3. The van der Waals surface area contributed by atoms with Crippen molar-refractivity contribution >= 4 is 28.8 Å². The molecular formula is C25H28N6O. The number of carbonyl (C=O) groups is 1. The van der Waals surface area contributed by atoms with Gasteiger partial charge < -0.3 is 16.0 Å². The fraction of sp³-hybridized carbons (Fsp3) is 0.280. The second kappa shape index (κ2) is 9.28. The molecule has 3 aromatic rings. The van der Waals surface area contributed by atoms with E-state index in [1.54, 1.807) is 0 Å². The first-order valence-electron chi connectivity index (χ1n) is 10.7. The number of aromatic nitrogens is 3. The molecule has 0 saturated heterocycles. The molecule has 2 aromatic carbocycles. The van der Waals surface area contributed by atoms with Gasteiger partial charge >= 0.3 is 0 Å². The Morgan fingerprint density at radius 1 is 1.06 bits per heavy atom. The van der Waals surface area contributed by atoms with Gasteiger partial charge in [0.1, 0.15) is 6.33 Å². The third-order valence-corrected chi connectivity index (χ3v) is 5.81. The Balaban J connectivity index is 1.53. The second-order valence-corrected chi connectivity index (χ2v) is 8.14. The van der Waals surface area contributed by atoms with E-state index in [1.807, 2.05) is 25.1 Å². The minimum atomic E-state index is -0.108. The lowest BCUT2D eigenvalue weighted by molar-refractivity contribution is -0.114. The predicted molar refractivity (Wildman–Crippen MR) is 128 cm³/mol. The highest BCUT2D eigenvalue weighted by molar-refractivity contribution is 5.90. The summed E-state index contributed by atoms with van der Waals surface area (Å²) in [6.45, 7) is 8.48. The van der Waals surface area contributed by atoms with Crippen LogP contribution in [0.1, 0.15) is 47.5 Å². The van der Waals surface area contributed by atoms with Crippen LogP contribution in [-0.2, 0) is 4.79 Å². The van der Waals surface area contributed by atoms with Crippen molar-refractivity contribution in [2.45, 2.75) is 40.2 Å². The topological polar surface area (TPSA) is 91.8 Å². The molecule has 1 aliphatic heterocycles. The Kier molecular flexibility index (Phi) is 6.28. The molecule has 1 amide bonds. The molecule has 0 fully saturated rings. The van der Waals surface area contributed by atoms with Crippen molar-refractivity contribution in [1.29, 1.82) is 0 Å². The molecule has 0 aliphatic carbocycles. The molecule has 0 radical (unpaired) electrons. The largest absolute Gasteiger partial charge is 0.326 e. The lowest BCUT2D eigenvalue weighted by Gasteiger charge is -2.24. The number of anilines is 3. The summed E-state index contributed by atoms with van der Waals surface area (Å²) in [5.41, 5.74) is 7.64. The molecule has 0 saturated carbocycles. The Labute approximate surface area is 188 Å². The zero-order valence-electron chi connectivity index (χ0n) is 18.9. The van der Waals surface area contributed by atoms with Gasteiger partial charge in [-0.2, -0.15) is 4.98 Å². The molecule has 1 atom stereocenters. The number of amides is 1. The molecule has 164 valence electrons. The van der Waals surface area contributed by atoms with Gasteiger partial charge in [0.25, 0.3) is 0 Å². The van der Waals surface area contributed by atoms with Crippen LogP contribution in [0.5, 0.6) is 0 Å². The Bertz CT molecular complexity index is 1190. The third-order valence-electron chi connectivity index (χ3n) is 5.81. The smallest absolute Gasteiger partial charge is 0.230 e. The molecule has 3 N–H and O–H groups in total. The van der Waals surface area contributed by atoms with Crippen LogP contribution >= 0.6 is 0 Å². The van der Waals surface area contributed by atoms with E-state index in [2.05, 4.69) is 69.0 Å². The van der Waals surface area contributed by atoms with Crippen molar-refractivity contribution in [3.05, 3.63) is 76.9 Å². The van der Waals surface area contributed by atoms with Gasteiger partial charge in [-0.15, -0.1) is 0 Å². The first-order valence-corrected chi connectivity index (χ1v) is 10.7. The average Bonchev–Trinajstić information content (AvgIpc) is 2.78. The summed E-state index contributed by atoms with van der Waals surface area (Å²) in [7, 11) is 0. The zero-order valence-corrected chi connectivity index (χ0v) is 18.9. The summed E-state index contributed by atoms with van der Waals surface area (Å²) in [5.74, 6) is 1.07. The summed E-state index contributed by atoms with van der Waals surface area (Å²) in [5, 5.41) is 9.60. The highest BCUT2D eigenvalue weighted by Gasteiger charge is 2.21. The summed E-state index contributed by atoms with van der Waals surface area (Å²) in [6.07, 6.45) is 4.58. The molecular weight excluding hydrogens is 400 g/mol. The van der Waals surface area contributed by atoms with Gasteiger partial charge in [0.2, 0.25) is 11.9 Å². The quantitative estimate of drug-likeness (QED) is 0.549. The van der Waals surface area contributed by atoms with E-state index >= 15 is 0 Å². The van der Waals surface area contributed by atoms with E-state index in [-0.39, 0.29) is 11.9 Å². The number of nitrogens with one attached hydrogen (secondary N) is 3. The van der Waals surface area contributed by atoms with Crippen molar-refractivity contribution in [3.63, 3.8) is 0 Å². The maximum atomic E-state index is 11.4. The van der Waals surface area contributed by atoms with Gasteiger partial charge in [0.05, 0.1) is 6.04 Å². The monoisotopic (exact) mass is 428 g/mol. The van der Waals surface area contributed by atoms with Crippen LogP contribution in [0.2, 0.25) is 0 Å². The number of rotatable bonds is 5. The summed E-state index contributed by atoms with van der Waals surface area (Å²) < 4.78 is 0. The minimum absolute atomic E-state index is 0.00645. The van der Waals surface area contributed by atoms with Crippen molar-refractivity contribution in [3.8, 4) is 0 Å². The molecule has 4 rings (SSSR count). The Morgan fingerprint density at radius 3 is 2.66 bits per heavy atom. The first-order chi connectivity index (χ1) is 15.4. The van der Waals surface area contributed by atoms with E-state index in [9.17, 15) is 4.79 Å². The highest BCUT2D eigenvalue weighted by atomic mass is 16.1. The van der Waals surface area contributed by atoms with Crippen molar-refractivity contribution in [2.75, 3.05) is 17.2 Å². The van der Waals surface area contributed by atoms with Gasteiger partial charge in [-0.3, -0.25) is 4.79 Å². The molecule has 0 bridgehead atoms. The third kappa shape index (κ3) is 4.84. The van der Waals surface area contributed by atoms with Crippen LogP contribution in [0.25, 0.3) is 5.57 Å². The Morgan fingerprint density at radius 2 is 1.88 bits per heavy atom. The molecule has 32 heavy (non-hydrogen) atoms. The lowest BCUT2D eigenvalue weighted by atomic mass is 9.93. The summed E-state index contributed by atoms with van der Waals surface area (Å²) in [6, 6.07) is 12.3. The molecule has 0 spiro atoms. The molecule has 1 unspecified atom stereocenters. The average molecular weight is 429 g/mol. The normalized spacial score (nSPS) is 15.8. The number of benzene rings is 2. The van der Waals surface area contributed by atoms with Crippen LogP contribution in [-0.4, -0.2) is 27.4 Å². The standard InChI is InChI=1S/C25H28N6O/c1-15-8-9-19(12-16(15)2)20-10-11-26-23(13-20)24-27-14-28-25(31-24)30-22-7-5-6-21(17(22)3)29-18(4)32/h5-10,12,14,23,26H,11,13H2,1-4H3,(H,29,32)(H,27,28,30,31). The van der Waals surface area contributed by atoms with E-state index in [1.165, 1.54) is 35.5 Å². The van der Waals surface area contributed by atoms with E-state index in [0.29, 0.717) is 11.8 Å². The second-order valence-electron chi connectivity index (χ2n) is 8.14. The summed E-state index contributed by atoms with van der Waals surface area (Å²) in [4.78, 5) is 24.8. The molecule has 7 heteroatoms. The van der Waals surface area contributed by atoms with Gasteiger partial charge in [-0.25, -0.2) is 9.97 Å². The van der Waals surface area contributed by atoms with Gasteiger partial charge in [-0.05, 0) is 67.2 Å². The van der Waals surface area contributed by atoms with Gasteiger partial charge in [0.15, 0.2) is 5.82 Å². The van der Waals surface area contributed by atoms with Gasteiger partial charge in [-0.1, -0.05) is 30.3 Å². The lowest BCUT2D eigenvalue weighted by Crippen LogP contribution is -2.27. The van der Waals surface area contributed by atoms with E-state index < -0.39 is 0 Å². The van der Waals surface area contributed by atoms with Crippen LogP contribution in [0, 0.1) is 20.8 Å². The zero-order chi connectivity index (χ0) is 22.7. The maximum Gasteiger partial charge on any atom is 0.230 e. The first kappa shape index (κ1) is 21.6. The van der Waals surface area contributed by atoms with E-state index in [4.69, 9.17) is 0 Å². The number of nitrogens with zero attached hydrogens (tertiary/aromatic N) is 3. The molecule has 1 aromatic heterocycles. The SMILES string of the molecule is CC(=O)Nc1cccc(Nc2ncnc(C3CC(c4ccc(C)c(C)c4)=CCN3)n2)c1C. The van der Waals surface area contributed by atoms with Crippen molar-refractivity contribution in [1.82, 2.24) is 20.3 Å². The predicted octanol–water partition coefficient (Wildman–Crippen LogP) is 4.62. The molecule has 1 aliphatic rings. The Hall–Kier alpha value is -3.58. The van der Waals surface area contributed by atoms with Crippen molar-refractivity contribution < 1.29 is 4.79 Å². The highest BCUT2D eigenvalue weighted by Crippen LogP contribution is 2.30. The molecule has 7 nitrogen and oxygen atoms in total. The summed E-state index contributed by atoms with van der Waals surface area (Å²) >= 11 is 0.